The monoisotopic (exact) mass is 289 g/mol. The summed E-state index contributed by atoms with van der Waals surface area (Å²) in [6.07, 6.45) is 1.25. The molecule has 21 heavy (non-hydrogen) atoms. The molecule has 1 aliphatic heterocycles. The minimum atomic E-state index is -0.104. The number of aryl methyl sites for hydroxylation is 1. The van der Waals surface area contributed by atoms with Gasteiger partial charge in [-0.1, -0.05) is 13.8 Å². The van der Waals surface area contributed by atoms with Crippen molar-refractivity contribution in [3.8, 4) is 0 Å². The second-order valence-corrected chi connectivity index (χ2v) is 6.64. The van der Waals surface area contributed by atoms with E-state index in [1.165, 1.54) is 6.42 Å². The number of hydrogen-bond acceptors (Lipinski definition) is 3. The maximum Gasteiger partial charge on any atom is 0.241 e. The van der Waals surface area contributed by atoms with Gasteiger partial charge in [-0.25, -0.2) is 0 Å². The summed E-state index contributed by atoms with van der Waals surface area (Å²) < 4.78 is 0. The SMILES string of the molecule is Cc1cc(N)ccc1NC(=O)C(C)N1CC(C)CC(C)C1. The van der Waals surface area contributed by atoms with Gasteiger partial charge in [-0.2, -0.15) is 0 Å². The summed E-state index contributed by atoms with van der Waals surface area (Å²) in [5, 5.41) is 3.03. The number of nitrogen functional groups attached to an aromatic ring is 1. The van der Waals surface area contributed by atoms with E-state index in [-0.39, 0.29) is 11.9 Å². The number of benzene rings is 1. The standard InChI is InChI=1S/C17H27N3O/c1-11-7-12(2)10-20(9-11)14(4)17(21)19-16-6-5-15(18)8-13(16)3/h5-6,8,11-12,14H,7,9-10,18H2,1-4H3,(H,19,21). The van der Waals surface area contributed by atoms with E-state index in [1.807, 2.05) is 32.0 Å². The number of nitrogens with zero attached hydrogens (tertiary/aromatic N) is 1. The van der Waals surface area contributed by atoms with Crippen LogP contribution >= 0.6 is 0 Å². The summed E-state index contributed by atoms with van der Waals surface area (Å²) >= 11 is 0. The number of carbonyl (C=O) groups excluding carboxylic acids is 1. The molecule has 3 atom stereocenters. The van der Waals surface area contributed by atoms with E-state index < -0.39 is 0 Å². The molecule has 4 nitrogen and oxygen atoms in total. The summed E-state index contributed by atoms with van der Waals surface area (Å²) in [4.78, 5) is 14.8. The molecule has 3 N–H and O–H groups in total. The van der Waals surface area contributed by atoms with Gasteiger partial charge in [0.05, 0.1) is 6.04 Å². The van der Waals surface area contributed by atoms with Crippen molar-refractivity contribution in [3.05, 3.63) is 23.8 Å². The number of anilines is 2. The lowest BCUT2D eigenvalue weighted by atomic mass is 9.91. The molecular formula is C17H27N3O. The van der Waals surface area contributed by atoms with Crippen LogP contribution in [0, 0.1) is 18.8 Å². The fourth-order valence-electron chi connectivity index (χ4n) is 3.26. The molecule has 1 heterocycles. The van der Waals surface area contributed by atoms with Gasteiger partial charge in [-0.15, -0.1) is 0 Å². The lowest BCUT2D eigenvalue weighted by Crippen LogP contribution is -2.48. The first-order valence-electron chi connectivity index (χ1n) is 7.78. The Hall–Kier alpha value is -1.55. The molecule has 116 valence electrons. The van der Waals surface area contributed by atoms with Crippen molar-refractivity contribution in [3.63, 3.8) is 0 Å². The van der Waals surface area contributed by atoms with Crippen LogP contribution in [0.15, 0.2) is 18.2 Å². The van der Waals surface area contributed by atoms with Crippen LogP contribution in [0.4, 0.5) is 11.4 Å². The van der Waals surface area contributed by atoms with Gasteiger partial charge >= 0.3 is 0 Å². The Labute approximate surface area is 127 Å². The van der Waals surface area contributed by atoms with Crippen molar-refractivity contribution >= 4 is 17.3 Å². The Balaban J connectivity index is 2.02. The summed E-state index contributed by atoms with van der Waals surface area (Å²) in [5.41, 5.74) is 8.31. The number of likely N-dealkylation sites (tertiary alicyclic amines) is 1. The molecule has 0 aliphatic carbocycles. The zero-order valence-electron chi connectivity index (χ0n) is 13.5. The van der Waals surface area contributed by atoms with Crippen LogP contribution in [-0.4, -0.2) is 29.9 Å². The molecule has 1 fully saturated rings. The Morgan fingerprint density at radius 2 is 1.95 bits per heavy atom. The van der Waals surface area contributed by atoms with E-state index in [0.29, 0.717) is 11.8 Å². The Morgan fingerprint density at radius 3 is 2.52 bits per heavy atom. The number of hydrogen-bond donors (Lipinski definition) is 2. The van der Waals surface area contributed by atoms with Crippen LogP contribution in [-0.2, 0) is 4.79 Å². The zero-order valence-corrected chi connectivity index (χ0v) is 13.5. The maximum atomic E-state index is 12.5. The van der Waals surface area contributed by atoms with Gasteiger partial charge in [0, 0.05) is 24.5 Å². The lowest BCUT2D eigenvalue weighted by Gasteiger charge is -2.38. The maximum absolute atomic E-state index is 12.5. The van der Waals surface area contributed by atoms with Crippen LogP contribution in [0.1, 0.15) is 32.8 Å². The largest absolute Gasteiger partial charge is 0.399 e. The van der Waals surface area contributed by atoms with Crippen LogP contribution in [0.5, 0.6) is 0 Å². The molecule has 1 aromatic carbocycles. The summed E-state index contributed by atoms with van der Waals surface area (Å²) in [6.45, 7) is 10.5. The normalized spacial score (nSPS) is 24.6. The van der Waals surface area contributed by atoms with Crippen LogP contribution < -0.4 is 11.1 Å². The predicted molar refractivity (Wildman–Crippen MR) is 88.2 cm³/mol. The Morgan fingerprint density at radius 1 is 1.33 bits per heavy atom. The molecule has 0 radical (unpaired) electrons. The average molecular weight is 289 g/mol. The highest BCUT2D eigenvalue weighted by molar-refractivity contribution is 5.95. The van der Waals surface area contributed by atoms with E-state index in [9.17, 15) is 4.79 Å². The van der Waals surface area contributed by atoms with Gasteiger partial charge in [-0.3, -0.25) is 9.69 Å². The molecule has 3 unspecified atom stereocenters. The molecule has 0 bridgehead atoms. The average Bonchev–Trinajstić information content (AvgIpc) is 2.40. The fraction of sp³-hybridized carbons (Fsp3) is 0.588. The van der Waals surface area contributed by atoms with E-state index in [4.69, 9.17) is 5.73 Å². The zero-order chi connectivity index (χ0) is 15.6. The number of nitrogens with one attached hydrogen (secondary N) is 1. The highest BCUT2D eigenvalue weighted by atomic mass is 16.2. The number of amides is 1. The molecule has 1 aromatic rings. The molecule has 0 aromatic heterocycles. The molecule has 4 heteroatoms. The fourth-order valence-corrected chi connectivity index (χ4v) is 3.26. The van der Waals surface area contributed by atoms with Gasteiger partial charge in [0.1, 0.15) is 0 Å². The van der Waals surface area contributed by atoms with Gasteiger partial charge in [0.15, 0.2) is 0 Å². The lowest BCUT2D eigenvalue weighted by molar-refractivity contribution is -0.121. The number of piperidine rings is 1. The summed E-state index contributed by atoms with van der Waals surface area (Å²) in [6, 6.07) is 5.47. The van der Waals surface area contributed by atoms with Crippen molar-refractivity contribution in [1.82, 2.24) is 4.90 Å². The van der Waals surface area contributed by atoms with E-state index >= 15 is 0 Å². The second kappa shape index (κ2) is 6.48. The van der Waals surface area contributed by atoms with Crippen molar-refractivity contribution in [2.24, 2.45) is 11.8 Å². The van der Waals surface area contributed by atoms with E-state index in [0.717, 1.165) is 30.0 Å². The minimum absolute atomic E-state index is 0.0594. The van der Waals surface area contributed by atoms with Gasteiger partial charge in [-0.05, 0) is 55.9 Å². The predicted octanol–water partition coefficient (Wildman–Crippen LogP) is 2.88. The number of nitrogens with two attached hydrogens (primary N) is 1. The Kier molecular flexibility index (Phi) is 4.88. The van der Waals surface area contributed by atoms with Gasteiger partial charge in [0.2, 0.25) is 5.91 Å². The van der Waals surface area contributed by atoms with Crippen molar-refractivity contribution in [1.29, 1.82) is 0 Å². The molecular weight excluding hydrogens is 262 g/mol. The first kappa shape index (κ1) is 15.8. The third kappa shape index (κ3) is 3.97. The smallest absolute Gasteiger partial charge is 0.241 e. The minimum Gasteiger partial charge on any atom is -0.399 e. The molecule has 1 aliphatic rings. The van der Waals surface area contributed by atoms with Gasteiger partial charge < -0.3 is 11.1 Å². The molecule has 0 saturated carbocycles. The van der Waals surface area contributed by atoms with E-state index in [1.54, 1.807) is 0 Å². The van der Waals surface area contributed by atoms with Crippen LogP contribution in [0.3, 0.4) is 0 Å². The highest BCUT2D eigenvalue weighted by Gasteiger charge is 2.28. The Bertz CT molecular complexity index is 505. The third-order valence-corrected chi connectivity index (χ3v) is 4.33. The van der Waals surface area contributed by atoms with Crippen molar-refractivity contribution in [2.45, 2.75) is 40.2 Å². The highest BCUT2D eigenvalue weighted by Crippen LogP contribution is 2.23. The molecule has 1 amide bonds. The third-order valence-electron chi connectivity index (χ3n) is 4.33. The molecule has 2 rings (SSSR count). The van der Waals surface area contributed by atoms with Crippen molar-refractivity contribution in [2.75, 3.05) is 24.1 Å². The first-order valence-corrected chi connectivity index (χ1v) is 7.78. The number of carbonyl (C=O) groups is 1. The van der Waals surface area contributed by atoms with Gasteiger partial charge in [0.25, 0.3) is 0 Å². The van der Waals surface area contributed by atoms with E-state index in [2.05, 4.69) is 24.1 Å². The number of rotatable bonds is 3. The summed E-state index contributed by atoms with van der Waals surface area (Å²) in [5.74, 6) is 1.37. The van der Waals surface area contributed by atoms with Crippen LogP contribution in [0.2, 0.25) is 0 Å². The topological polar surface area (TPSA) is 58.4 Å². The van der Waals surface area contributed by atoms with Crippen molar-refractivity contribution < 1.29 is 4.79 Å². The quantitative estimate of drug-likeness (QED) is 0.841. The first-order chi connectivity index (χ1) is 9.86. The molecule has 1 saturated heterocycles. The second-order valence-electron chi connectivity index (χ2n) is 6.64. The van der Waals surface area contributed by atoms with Crippen LogP contribution in [0.25, 0.3) is 0 Å². The molecule has 0 spiro atoms. The summed E-state index contributed by atoms with van der Waals surface area (Å²) in [7, 11) is 0.